The highest BCUT2D eigenvalue weighted by Crippen LogP contribution is 2.35. The van der Waals surface area contributed by atoms with Gasteiger partial charge in [-0.05, 0) is 48.8 Å². The first-order valence-corrected chi connectivity index (χ1v) is 6.34. The molecule has 0 amide bonds. The fourth-order valence-corrected chi connectivity index (χ4v) is 2.58. The number of fused-ring (bicyclic) bond motifs is 1. The normalized spacial score (nSPS) is 18.9. The van der Waals surface area contributed by atoms with E-state index >= 15 is 0 Å². The molecule has 1 fully saturated rings. The Labute approximate surface area is 96.9 Å². The van der Waals surface area contributed by atoms with Gasteiger partial charge >= 0.3 is 0 Å². The average Bonchev–Trinajstić information content (AvgIpc) is 3.01. The lowest BCUT2D eigenvalue weighted by Crippen LogP contribution is -2.23. The molecule has 3 rings (SSSR count). The van der Waals surface area contributed by atoms with Gasteiger partial charge in [0.25, 0.3) is 0 Å². The number of benzene rings is 1. The summed E-state index contributed by atoms with van der Waals surface area (Å²) < 4.78 is 0. The molecule has 16 heavy (non-hydrogen) atoms. The molecule has 1 N–H and O–H groups in total. The quantitative estimate of drug-likeness (QED) is 0.833. The van der Waals surface area contributed by atoms with Crippen molar-refractivity contribution in [1.29, 1.82) is 0 Å². The van der Waals surface area contributed by atoms with Crippen LogP contribution in [-0.4, -0.2) is 24.8 Å². The maximum atomic E-state index is 8.98. The van der Waals surface area contributed by atoms with E-state index in [4.69, 9.17) is 5.11 Å². The van der Waals surface area contributed by atoms with Crippen molar-refractivity contribution >= 4 is 5.69 Å². The van der Waals surface area contributed by atoms with Crippen molar-refractivity contribution in [3.63, 3.8) is 0 Å². The highest BCUT2D eigenvalue weighted by Gasteiger charge is 2.27. The van der Waals surface area contributed by atoms with Crippen LogP contribution in [0.1, 0.15) is 24.0 Å². The Hall–Kier alpha value is -1.02. The molecule has 0 unspecified atom stereocenters. The third-order valence-corrected chi connectivity index (χ3v) is 3.72. The fraction of sp³-hybridized carbons (Fsp3) is 0.571. The molecule has 0 aromatic heterocycles. The van der Waals surface area contributed by atoms with Gasteiger partial charge in [0, 0.05) is 25.4 Å². The molecule has 1 saturated carbocycles. The number of anilines is 1. The van der Waals surface area contributed by atoms with Gasteiger partial charge in [-0.2, -0.15) is 0 Å². The zero-order chi connectivity index (χ0) is 11.0. The molecule has 1 aliphatic heterocycles. The van der Waals surface area contributed by atoms with Gasteiger partial charge < -0.3 is 10.0 Å². The van der Waals surface area contributed by atoms with Crippen LogP contribution in [0.5, 0.6) is 0 Å². The maximum Gasteiger partial charge on any atom is 0.0471 e. The molecule has 1 aromatic carbocycles. The van der Waals surface area contributed by atoms with Crippen LogP contribution in [0.2, 0.25) is 0 Å². The van der Waals surface area contributed by atoms with Gasteiger partial charge in [-0.25, -0.2) is 0 Å². The Morgan fingerprint density at radius 2 is 2.19 bits per heavy atom. The van der Waals surface area contributed by atoms with Gasteiger partial charge in [0.05, 0.1) is 0 Å². The molecular formula is C14H19NO. The molecule has 1 aliphatic carbocycles. The van der Waals surface area contributed by atoms with E-state index in [0.717, 1.165) is 12.3 Å². The lowest BCUT2D eigenvalue weighted by atomic mass is 10.1. The molecule has 1 aromatic rings. The Balaban J connectivity index is 1.81. The topological polar surface area (TPSA) is 23.5 Å². The van der Waals surface area contributed by atoms with E-state index < -0.39 is 0 Å². The van der Waals surface area contributed by atoms with Gasteiger partial charge in [0.1, 0.15) is 0 Å². The first-order chi connectivity index (χ1) is 7.86. The Morgan fingerprint density at radius 3 is 2.94 bits per heavy atom. The summed E-state index contributed by atoms with van der Waals surface area (Å²) in [5.41, 5.74) is 4.18. The second-order valence-corrected chi connectivity index (χ2v) is 5.08. The Bertz CT molecular complexity index is 384. The minimum absolute atomic E-state index is 0.251. The maximum absolute atomic E-state index is 8.98. The van der Waals surface area contributed by atoms with Crippen molar-refractivity contribution in [1.82, 2.24) is 0 Å². The molecule has 1 heterocycles. The zero-order valence-corrected chi connectivity index (χ0v) is 9.65. The number of rotatable bonds is 4. The summed E-state index contributed by atoms with van der Waals surface area (Å²) in [7, 11) is 0. The molecule has 2 nitrogen and oxygen atoms in total. The highest BCUT2D eigenvalue weighted by molar-refractivity contribution is 5.59. The summed E-state index contributed by atoms with van der Waals surface area (Å²) in [5, 5.41) is 8.98. The Kier molecular flexibility index (Phi) is 2.60. The molecule has 0 atom stereocenters. The first kappa shape index (κ1) is 10.2. The predicted octanol–water partition coefficient (Wildman–Crippen LogP) is 1.99. The molecule has 0 radical (unpaired) electrons. The largest absolute Gasteiger partial charge is 0.396 e. The van der Waals surface area contributed by atoms with Crippen molar-refractivity contribution in [3.8, 4) is 0 Å². The van der Waals surface area contributed by atoms with Crippen molar-refractivity contribution in [2.75, 3.05) is 24.6 Å². The van der Waals surface area contributed by atoms with Crippen molar-refractivity contribution in [3.05, 3.63) is 29.3 Å². The van der Waals surface area contributed by atoms with E-state index in [9.17, 15) is 0 Å². The number of hydrogen-bond donors (Lipinski definition) is 1. The number of aliphatic hydroxyl groups is 1. The van der Waals surface area contributed by atoms with Crippen LogP contribution in [0.4, 0.5) is 5.69 Å². The SMILES string of the molecule is OCCc1ccc2c(c1)N(CC1CC1)CC2. The standard InChI is InChI=1S/C14H19NO/c16-8-6-11-3-4-13-5-7-15(14(13)9-11)10-12-1-2-12/h3-4,9,12,16H,1-2,5-8,10H2. The van der Waals surface area contributed by atoms with Crippen molar-refractivity contribution < 1.29 is 5.11 Å². The van der Waals surface area contributed by atoms with E-state index in [1.165, 1.54) is 49.2 Å². The highest BCUT2D eigenvalue weighted by atomic mass is 16.2. The van der Waals surface area contributed by atoms with Gasteiger partial charge in [-0.1, -0.05) is 12.1 Å². The molecule has 0 spiro atoms. The molecule has 86 valence electrons. The summed E-state index contributed by atoms with van der Waals surface area (Å²) in [6.45, 7) is 2.69. The summed E-state index contributed by atoms with van der Waals surface area (Å²) >= 11 is 0. The molecule has 0 bridgehead atoms. The van der Waals surface area contributed by atoms with Crippen LogP contribution in [0, 0.1) is 5.92 Å². The smallest absolute Gasteiger partial charge is 0.0471 e. The lowest BCUT2D eigenvalue weighted by molar-refractivity contribution is 0.299. The predicted molar refractivity (Wildman–Crippen MR) is 65.9 cm³/mol. The minimum atomic E-state index is 0.251. The van der Waals surface area contributed by atoms with Gasteiger partial charge in [0.2, 0.25) is 0 Å². The van der Waals surface area contributed by atoms with Crippen LogP contribution in [0.25, 0.3) is 0 Å². The summed E-state index contributed by atoms with van der Waals surface area (Å²) in [5.74, 6) is 0.951. The van der Waals surface area contributed by atoms with Crippen LogP contribution in [-0.2, 0) is 12.8 Å². The van der Waals surface area contributed by atoms with Gasteiger partial charge in [-0.3, -0.25) is 0 Å². The second kappa shape index (κ2) is 4.10. The third kappa shape index (κ3) is 1.94. The lowest BCUT2D eigenvalue weighted by Gasteiger charge is -2.19. The summed E-state index contributed by atoms with van der Waals surface area (Å²) in [6, 6.07) is 6.68. The van der Waals surface area contributed by atoms with Crippen molar-refractivity contribution in [2.24, 2.45) is 5.92 Å². The van der Waals surface area contributed by atoms with Gasteiger partial charge in [-0.15, -0.1) is 0 Å². The average molecular weight is 217 g/mol. The van der Waals surface area contributed by atoms with E-state index in [-0.39, 0.29) is 6.61 Å². The Morgan fingerprint density at radius 1 is 1.31 bits per heavy atom. The van der Waals surface area contributed by atoms with Gasteiger partial charge in [0.15, 0.2) is 0 Å². The minimum Gasteiger partial charge on any atom is -0.396 e. The van der Waals surface area contributed by atoms with E-state index in [1.807, 2.05) is 0 Å². The second-order valence-electron chi connectivity index (χ2n) is 5.08. The fourth-order valence-electron chi connectivity index (χ4n) is 2.58. The molecule has 2 aliphatic rings. The number of nitrogens with zero attached hydrogens (tertiary/aromatic N) is 1. The van der Waals surface area contributed by atoms with Crippen LogP contribution < -0.4 is 4.90 Å². The third-order valence-electron chi connectivity index (χ3n) is 3.72. The number of hydrogen-bond acceptors (Lipinski definition) is 2. The van der Waals surface area contributed by atoms with Crippen LogP contribution in [0.15, 0.2) is 18.2 Å². The summed E-state index contributed by atoms with van der Waals surface area (Å²) in [4.78, 5) is 2.54. The molecular weight excluding hydrogens is 198 g/mol. The van der Waals surface area contributed by atoms with E-state index in [2.05, 4.69) is 23.1 Å². The number of aliphatic hydroxyl groups excluding tert-OH is 1. The first-order valence-electron chi connectivity index (χ1n) is 6.34. The molecule has 2 heteroatoms. The molecule has 0 saturated heterocycles. The van der Waals surface area contributed by atoms with E-state index in [1.54, 1.807) is 0 Å². The monoisotopic (exact) mass is 217 g/mol. The van der Waals surface area contributed by atoms with Crippen molar-refractivity contribution in [2.45, 2.75) is 25.7 Å². The zero-order valence-electron chi connectivity index (χ0n) is 9.65. The van der Waals surface area contributed by atoms with Crippen LogP contribution in [0.3, 0.4) is 0 Å². The summed E-state index contributed by atoms with van der Waals surface area (Å²) in [6.07, 6.45) is 4.82. The van der Waals surface area contributed by atoms with E-state index in [0.29, 0.717) is 0 Å². The van der Waals surface area contributed by atoms with Crippen LogP contribution >= 0.6 is 0 Å².